The Labute approximate surface area is 165 Å². The molecule has 0 aliphatic carbocycles. The van der Waals surface area contributed by atoms with Gasteiger partial charge in [-0.15, -0.1) is 0 Å². The first-order chi connectivity index (χ1) is 11.6. The number of unbranched alkanes of at least 4 members (excludes halogenated alkanes) is 2. The van der Waals surface area contributed by atoms with Crippen molar-refractivity contribution in [2.75, 3.05) is 39.9 Å². The van der Waals surface area contributed by atoms with Crippen LogP contribution in [0.15, 0.2) is 30.3 Å². The van der Waals surface area contributed by atoms with E-state index in [0.29, 0.717) is 0 Å². The van der Waals surface area contributed by atoms with Crippen LogP contribution in [-0.4, -0.2) is 39.9 Å². The van der Waals surface area contributed by atoms with Crippen LogP contribution in [0, 0.1) is 6.07 Å². The average Bonchev–Trinajstić information content (AvgIpc) is 2.68. The normalized spacial score (nSPS) is 11.5. The van der Waals surface area contributed by atoms with Crippen molar-refractivity contribution in [3.05, 3.63) is 36.4 Å². The molecule has 0 amide bonds. The first-order valence-corrected chi connectivity index (χ1v) is 13.3. The predicted molar refractivity (Wildman–Crippen MR) is 110 cm³/mol. The van der Waals surface area contributed by atoms with Gasteiger partial charge in [-0.3, -0.25) is 0 Å². The van der Waals surface area contributed by atoms with Gasteiger partial charge in [-0.25, -0.2) is 0 Å². The van der Waals surface area contributed by atoms with Crippen LogP contribution in [0.1, 0.15) is 39.5 Å². The predicted octanol–water partition coefficient (Wildman–Crippen LogP) is 7.09. The van der Waals surface area contributed by atoms with Crippen molar-refractivity contribution < 1.29 is 23.6 Å². The first kappa shape index (κ1) is 29.5. The molecule has 0 aliphatic heterocycles. The van der Waals surface area contributed by atoms with Gasteiger partial charge >= 0.3 is 24.8 Å². The third-order valence-electron chi connectivity index (χ3n) is 2.88. The summed E-state index contributed by atoms with van der Waals surface area (Å²) < 4.78 is 10.2. The minimum Gasteiger partial charge on any atom is -0.184 e. The van der Waals surface area contributed by atoms with Gasteiger partial charge in [0, 0.05) is 30.5 Å². The van der Waals surface area contributed by atoms with Crippen molar-refractivity contribution in [3.8, 4) is 0 Å². The molecule has 1 aromatic rings. The zero-order valence-electron chi connectivity index (χ0n) is 16.0. The SMILES string of the molecule is CCCCP(C)OC.CCCCP(C)OC.[Cl][Ni].[c-]1ccccc1. The Morgan fingerprint density at radius 3 is 1.38 bits per heavy atom. The van der Waals surface area contributed by atoms with E-state index in [4.69, 9.17) is 9.05 Å². The van der Waals surface area contributed by atoms with Gasteiger partial charge in [-0.1, -0.05) is 26.7 Å². The number of hydrogen-bond donors (Lipinski definition) is 0. The largest absolute Gasteiger partial charge is 0.184 e. The van der Waals surface area contributed by atoms with Crippen LogP contribution in [0.2, 0.25) is 0 Å². The van der Waals surface area contributed by atoms with E-state index in [0.717, 1.165) is 0 Å². The van der Waals surface area contributed by atoms with E-state index in [2.05, 4.69) is 58.0 Å². The van der Waals surface area contributed by atoms with Gasteiger partial charge in [0.05, 0.1) is 0 Å². The monoisotopic (exact) mass is 438 g/mol. The summed E-state index contributed by atoms with van der Waals surface area (Å²) in [5.74, 6) is 0. The van der Waals surface area contributed by atoms with Crippen molar-refractivity contribution in [2.24, 2.45) is 0 Å². The summed E-state index contributed by atoms with van der Waals surface area (Å²) in [7, 11) is 7.68. The molecule has 1 aromatic carbocycles. The summed E-state index contributed by atoms with van der Waals surface area (Å²) >= 11 is 3.35. The molecule has 147 valence electrons. The zero-order valence-corrected chi connectivity index (χ0v) is 19.6. The Bertz CT molecular complexity index is 255. The number of halogens is 1. The average molecular weight is 440 g/mol. The van der Waals surface area contributed by atoms with Crippen molar-refractivity contribution in [1.29, 1.82) is 0 Å². The molecule has 0 aliphatic rings. The van der Waals surface area contributed by atoms with Crippen LogP contribution >= 0.6 is 26.5 Å². The molecular formula is C18H35ClNiO2P2-. The van der Waals surface area contributed by atoms with Crippen molar-refractivity contribution >= 4 is 26.5 Å². The standard InChI is InChI=1S/2C6H15OP.C6H5.ClH.Ni/c2*1-4-5-6-8(3)7-2;1-2-4-6-5-3-1;;/h2*4-6H2,1-3H3;1-5H;1H;/q;;-1;;+1/p-1. The third kappa shape index (κ3) is 30.6. The Morgan fingerprint density at radius 1 is 0.833 bits per heavy atom. The van der Waals surface area contributed by atoms with Crippen molar-refractivity contribution in [1.82, 2.24) is 0 Å². The minimum atomic E-state index is -0.0842. The minimum absolute atomic E-state index is 0.0842. The van der Waals surface area contributed by atoms with Crippen LogP contribution in [0.25, 0.3) is 0 Å². The second-order valence-corrected chi connectivity index (χ2v) is 8.99. The summed E-state index contributed by atoms with van der Waals surface area (Å²) in [5, 5.41) is 0. The summed E-state index contributed by atoms with van der Waals surface area (Å²) in [6.07, 6.45) is 7.74. The van der Waals surface area contributed by atoms with Gasteiger partial charge in [-0.2, -0.15) is 36.4 Å². The molecular weight excluding hydrogens is 404 g/mol. The Balaban J connectivity index is -0.000000263. The maximum Gasteiger partial charge on any atom is -0.171 e. The fraction of sp³-hybridized carbons (Fsp3) is 0.667. The molecule has 24 heavy (non-hydrogen) atoms. The smallest absolute Gasteiger partial charge is 0.171 e. The second-order valence-electron chi connectivity index (χ2n) is 4.85. The van der Waals surface area contributed by atoms with E-state index >= 15 is 0 Å². The molecule has 0 spiro atoms. The maximum absolute atomic E-state index is 5.12. The second kappa shape index (κ2) is 28.6. The van der Waals surface area contributed by atoms with Gasteiger partial charge in [0.1, 0.15) is 0 Å². The van der Waals surface area contributed by atoms with Crippen LogP contribution in [0.4, 0.5) is 0 Å². The molecule has 2 nitrogen and oxygen atoms in total. The van der Waals surface area contributed by atoms with Crippen molar-refractivity contribution in [3.63, 3.8) is 0 Å². The van der Waals surface area contributed by atoms with Gasteiger partial charge in [0.2, 0.25) is 0 Å². The van der Waals surface area contributed by atoms with E-state index < -0.39 is 0 Å². The van der Waals surface area contributed by atoms with E-state index in [9.17, 15) is 0 Å². The number of benzene rings is 1. The van der Waals surface area contributed by atoms with Gasteiger partial charge in [0.25, 0.3) is 0 Å². The molecule has 0 aromatic heterocycles. The summed E-state index contributed by atoms with van der Waals surface area (Å²) in [6, 6.07) is 12.5. The molecule has 0 fully saturated rings. The van der Waals surface area contributed by atoms with E-state index in [1.165, 1.54) is 38.0 Å². The number of rotatable bonds is 8. The van der Waals surface area contributed by atoms with Crippen LogP contribution in [0.5, 0.6) is 0 Å². The molecule has 2 atom stereocenters. The molecule has 0 bridgehead atoms. The fourth-order valence-electron chi connectivity index (χ4n) is 1.29. The summed E-state index contributed by atoms with van der Waals surface area (Å²) in [4.78, 5) is 0. The van der Waals surface area contributed by atoms with E-state index in [1.54, 1.807) is 14.2 Å². The molecule has 1 rings (SSSR count). The number of hydrogen-bond acceptors (Lipinski definition) is 2. The Kier molecular flexibility index (Phi) is 35.2. The topological polar surface area (TPSA) is 18.5 Å². The first-order valence-electron chi connectivity index (χ1n) is 8.15. The zero-order chi connectivity index (χ0) is 19.1. The molecule has 6 heteroatoms. The molecule has 0 saturated heterocycles. The quantitative estimate of drug-likeness (QED) is 0.244. The molecule has 0 saturated carbocycles. The molecule has 0 radical (unpaired) electrons. The maximum atomic E-state index is 5.12. The van der Waals surface area contributed by atoms with E-state index in [1.807, 2.05) is 30.3 Å². The molecule has 0 N–H and O–H groups in total. The summed E-state index contributed by atoms with van der Waals surface area (Å²) in [6.45, 7) is 8.76. The summed E-state index contributed by atoms with van der Waals surface area (Å²) in [5.41, 5.74) is 0. The molecule has 2 unspecified atom stereocenters. The van der Waals surface area contributed by atoms with Gasteiger partial charge in [-0.05, 0) is 38.5 Å². The van der Waals surface area contributed by atoms with Gasteiger partial charge < -0.3 is 9.05 Å². The van der Waals surface area contributed by atoms with Crippen LogP contribution in [-0.2, 0) is 23.6 Å². The fourth-order valence-corrected chi connectivity index (χ4v) is 3.17. The van der Waals surface area contributed by atoms with Crippen molar-refractivity contribution in [2.45, 2.75) is 39.5 Å². The van der Waals surface area contributed by atoms with Gasteiger partial charge in [0.15, 0.2) is 0 Å². The molecule has 0 heterocycles. The van der Waals surface area contributed by atoms with E-state index in [-0.39, 0.29) is 16.3 Å². The van der Waals surface area contributed by atoms with Crippen LogP contribution in [0.3, 0.4) is 0 Å². The Morgan fingerprint density at radius 2 is 1.21 bits per heavy atom. The third-order valence-corrected chi connectivity index (χ3v) is 6.02. The van der Waals surface area contributed by atoms with Crippen LogP contribution < -0.4 is 0 Å². The Hall–Kier alpha value is 0.784.